The van der Waals surface area contributed by atoms with Crippen molar-refractivity contribution in [2.75, 3.05) is 44.6 Å². The van der Waals surface area contributed by atoms with Crippen LogP contribution in [-0.2, 0) is 11.3 Å². The molecule has 4 bridgehead atoms. The number of dihydropyridines is 1. The lowest BCUT2D eigenvalue weighted by Gasteiger charge is -2.56. The molecule has 1 aromatic carbocycles. The van der Waals surface area contributed by atoms with Crippen molar-refractivity contribution in [3.05, 3.63) is 68.1 Å². The van der Waals surface area contributed by atoms with Gasteiger partial charge in [-0.1, -0.05) is 6.08 Å². The zero-order chi connectivity index (χ0) is 38.0. The fourth-order valence-corrected chi connectivity index (χ4v) is 10.6. The first-order valence-electron chi connectivity index (χ1n) is 20.4. The number of hydrogen-bond donors (Lipinski definition) is 5. The van der Waals surface area contributed by atoms with E-state index < -0.39 is 0 Å². The molecule has 4 aliphatic carbocycles. The van der Waals surface area contributed by atoms with Crippen molar-refractivity contribution in [2.24, 2.45) is 28.2 Å². The highest BCUT2D eigenvalue weighted by atomic mass is 16.2. The van der Waals surface area contributed by atoms with E-state index in [0.717, 1.165) is 98.7 Å². The molecule has 11 nitrogen and oxygen atoms in total. The van der Waals surface area contributed by atoms with E-state index >= 15 is 0 Å². The number of aryl methyl sites for hydroxylation is 2. The third-order valence-corrected chi connectivity index (χ3v) is 12.7. The minimum atomic E-state index is -0.342. The minimum Gasteiger partial charge on any atom is -0.382 e. The number of aromatic nitrogens is 1. The number of nitrogens with one attached hydrogen (secondary N) is 5. The molecule has 290 valence electrons. The minimum absolute atomic E-state index is 0.0764. The number of allylic oxidation sites excluding steroid dienone is 1. The molecule has 5 fully saturated rings. The highest BCUT2D eigenvalue weighted by molar-refractivity contribution is 6.13. The van der Waals surface area contributed by atoms with Gasteiger partial charge in [-0.2, -0.15) is 0 Å². The maximum atomic E-state index is 13.6. The summed E-state index contributed by atoms with van der Waals surface area (Å²) in [5.74, 6) is 2.58. The molecular weight excluding hydrogens is 677 g/mol. The van der Waals surface area contributed by atoms with E-state index in [1.807, 2.05) is 52.1 Å². The summed E-state index contributed by atoms with van der Waals surface area (Å²) in [4.78, 5) is 51.9. The number of benzene rings is 1. The van der Waals surface area contributed by atoms with Gasteiger partial charge in [-0.3, -0.25) is 24.3 Å². The summed E-state index contributed by atoms with van der Waals surface area (Å²) in [5, 5.41) is 17.8. The maximum Gasteiger partial charge on any atom is 0.253 e. The Bertz CT molecular complexity index is 1820. The van der Waals surface area contributed by atoms with Crippen LogP contribution in [0.25, 0.3) is 5.57 Å². The molecule has 2 aliphatic heterocycles. The molecule has 11 heteroatoms. The van der Waals surface area contributed by atoms with Crippen LogP contribution in [0.4, 0.5) is 5.69 Å². The number of rotatable bonds is 14. The predicted molar refractivity (Wildman–Crippen MR) is 217 cm³/mol. The van der Waals surface area contributed by atoms with E-state index in [1.165, 1.54) is 44.7 Å². The van der Waals surface area contributed by atoms with E-state index in [4.69, 9.17) is 10.4 Å². The van der Waals surface area contributed by atoms with E-state index in [9.17, 15) is 14.4 Å². The van der Waals surface area contributed by atoms with Crippen LogP contribution in [-0.4, -0.2) is 90.5 Å². The van der Waals surface area contributed by atoms with E-state index in [2.05, 4.69) is 36.8 Å². The van der Waals surface area contributed by atoms with Crippen molar-refractivity contribution in [1.82, 2.24) is 25.4 Å². The monoisotopic (exact) mass is 736 g/mol. The van der Waals surface area contributed by atoms with Crippen molar-refractivity contribution >= 4 is 35.5 Å². The number of aromatic amines is 1. The topological polar surface area (TPSA) is 146 Å². The standard InChI is InChI=1S/C43H60N8O3/c1-27(2)48-38-19-34(18-35(36(38)24-44)41(53)47-26-37-28(3)14-29(4)49-42(37)54)33-6-7-39(46-25-33)51-12-10-50(11-13-51)9-5-8-45-40(52)23-43-20-30-15-31(21-43)17-32(16-30)22-43/h6,14,18-19,24-25,27,30-32,39,44,48H,5,7-13,15-17,20-23,26H2,1-4H3,(H,45,52)(H,47,53)(H,49,54). The molecule has 4 saturated carbocycles. The van der Waals surface area contributed by atoms with Crippen LogP contribution >= 0.6 is 0 Å². The van der Waals surface area contributed by atoms with Crippen LogP contribution in [0.5, 0.6) is 0 Å². The second kappa shape index (κ2) is 16.3. The second-order valence-electron chi connectivity index (χ2n) is 17.4. The molecule has 1 unspecified atom stereocenters. The summed E-state index contributed by atoms with van der Waals surface area (Å²) < 4.78 is 0. The number of piperazine rings is 1. The average molecular weight is 737 g/mol. The van der Waals surface area contributed by atoms with Crippen LogP contribution in [0.15, 0.2) is 34.1 Å². The van der Waals surface area contributed by atoms with Crippen LogP contribution < -0.4 is 21.5 Å². The SMILES string of the molecule is Cc1cc(C)c(CNC(=O)c2cc(C3=CCC(N4CCN(CCCNC(=O)CC56CC7CC(CC(C7)C5)C6)CC4)N=C3)cc(NC(C)C)c2C=N)c(=O)[nH]1. The Kier molecular flexibility index (Phi) is 11.6. The van der Waals surface area contributed by atoms with Crippen LogP contribution in [0.1, 0.15) is 110 Å². The van der Waals surface area contributed by atoms with Crippen LogP contribution in [0, 0.1) is 42.4 Å². The Morgan fingerprint density at radius 3 is 2.33 bits per heavy atom. The molecule has 3 heterocycles. The Morgan fingerprint density at radius 1 is 1.02 bits per heavy atom. The zero-order valence-electron chi connectivity index (χ0n) is 32.7. The van der Waals surface area contributed by atoms with Gasteiger partial charge in [0.05, 0.1) is 5.56 Å². The summed E-state index contributed by atoms with van der Waals surface area (Å²) in [6.45, 7) is 13.5. The Balaban J connectivity index is 0.898. The lowest BCUT2D eigenvalue weighted by Crippen LogP contribution is -2.50. The lowest BCUT2D eigenvalue weighted by molar-refractivity contribution is -0.129. The second-order valence-corrected chi connectivity index (χ2v) is 17.4. The third kappa shape index (κ3) is 8.73. The van der Waals surface area contributed by atoms with Gasteiger partial charge < -0.3 is 31.2 Å². The maximum absolute atomic E-state index is 13.6. The van der Waals surface area contributed by atoms with Crippen molar-refractivity contribution in [2.45, 2.75) is 104 Å². The van der Waals surface area contributed by atoms with Crippen LogP contribution in [0.2, 0.25) is 0 Å². The number of H-pyrrole nitrogens is 1. The quantitative estimate of drug-likeness (QED) is 0.125. The summed E-state index contributed by atoms with van der Waals surface area (Å²) in [7, 11) is 0. The molecule has 2 amide bonds. The van der Waals surface area contributed by atoms with Gasteiger partial charge in [0.25, 0.3) is 11.5 Å². The number of nitrogens with zero attached hydrogens (tertiary/aromatic N) is 3. The van der Waals surface area contributed by atoms with Gasteiger partial charge in [-0.25, -0.2) is 0 Å². The summed E-state index contributed by atoms with van der Waals surface area (Å²) in [6.07, 6.45) is 16.0. The number of carbonyl (C=O) groups is 2. The Morgan fingerprint density at radius 2 is 1.72 bits per heavy atom. The van der Waals surface area contributed by atoms with Crippen molar-refractivity contribution in [1.29, 1.82) is 5.41 Å². The average Bonchev–Trinajstić information content (AvgIpc) is 3.12. The molecule has 2 aromatic rings. The van der Waals surface area contributed by atoms with E-state index in [0.29, 0.717) is 27.8 Å². The van der Waals surface area contributed by atoms with Crippen molar-refractivity contribution in [3.8, 4) is 0 Å². The third-order valence-electron chi connectivity index (χ3n) is 12.7. The van der Waals surface area contributed by atoms with Gasteiger partial charge >= 0.3 is 0 Å². The van der Waals surface area contributed by atoms with Crippen LogP contribution in [0.3, 0.4) is 0 Å². The number of carbonyl (C=O) groups excluding carboxylic acids is 2. The highest BCUT2D eigenvalue weighted by Gasteiger charge is 2.51. The summed E-state index contributed by atoms with van der Waals surface area (Å²) in [6, 6.07) is 5.81. The molecule has 0 spiro atoms. The summed E-state index contributed by atoms with van der Waals surface area (Å²) in [5.41, 5.74) is 5.59. The van der Waals surface area contributed by atoms with Gasteiger partial charge in [0.1, 0.15) is 6.17 Å². The molecule has 0 radical (unpaired) electrons. The molecule has 5 N–H and O–H groups in total. The number of amides is 2. The lowest BCUT2D eigenvalue weighted by atomic mass is 9.49. The van der Waals surface area contributed by atoms with Gasteiger partial charge in [0.2, 0.25) is 5.91 Å². The smallest absolute Gasteiger partial charge is 0.253 e. The molecule has 1 saturated heterocycles. The van der Waals surface area contributed by atoms with E-state index in [-0.39, 0.29) is 36.1 Å². The zero-order valence-corrected chi connectivity index (χ0v) is 32.7. The number of anilines is 1. The van der Waals surface area contributed by atoms with Gasteiger partial charge in [0.15, 0.2) is 0 Å². The summed E-state index contributed by atoms with van der Waals surface area (Å²) >= 11 is 0. The largest absolute Gasteiger partial charge is 0.382 e. The van der Waals surface area contributed by atoms with Gasteiger partial charge in [-0.15, -0.1) is 0 Å². The van der Waals surface area contributed by atoms with Crippen molar-refractivity contribution in [3.63, 3.8) is 0 Å². The predicted octanol–water partition coefficient (Wildman–Crippen LogP) is 5.65. The number of aliphatic imine (C=N–C) groups is 1. The molecule has 1 atom stereocenters. The first-order chi connectivity index (χ1) is 26.0. The Hall–Kier alpha value is -4.09. The Labute approximate surface area is 320 Å². The highest BCUT2D eigenvalue weighted by Crippen LogP contribution is 2.61. The molecule has 8 rings (SSSR count). The number of hydrogen-bond acceptors (Lipinski definition) is 8. The van der Waals surface area contributed by atoms with Gasteiger partial charge in [0, 0.05) is 93.1 Å². The fraction of sp³-hybridized carbons (Fsp3) is 0.605. The molecular formula is C43H60N8O3. The number of pyridine rings is 1. The first kappa shape index (κ1) is 38.2. The molecule has 54 heavy (non-hydrogen) atoms. The van der Waals surface area contributed by atoms with Gasteiger partial charge in [-0.05, 0) is 137 Å². The van der Waals surface area contributed by atoms with Crippen molar-refractivity contribution < 1.29 is 9.59 Å². The first-order valence-corrected chi connectivity index (χ1v) is 20.4. The molecule has 1 aromatic heterocycles. The van der Waals surface area contributed by atoms with E-state index in [1.54, 1.807) is 0 Å². The molecule has 6 aliphatic rings. The fourth-order valence-electron chi connectivity index (χ4n) is 10.6. The normalized spacial score (nSPS) is 26.5.